The standard InChI is InChI=1S/C14H15NO4/c1-3-19-14(17)15-8-4-5-10-6-7-11(9-12(10)15)13(16)18-2/h4-7,9H,3,8H2,1-2H3. The summed E-state index contributed by atoms with van der Waals surface area (Å²) >= 11 is 0. The number of rotatable bonds is 2. The van der Waals surface area contributed by atoms with Crippen molar-refractivity contribution < 1.29 is 19.1 Å². The summed E-state index contributed by atoms with van der Waals surface area (Å²) in [6, 6.07) is 5.09. The van der Waals surface area contributed by atoms with Crippen LogP contribution in [0.25, 0.3) is 6.08 Å². The van der Waals surface area contributed by atoms with Crippen molar-refractivity contribution in [2.24, 2.45) is 0 Å². The summed E-state index contributed by atoms with van der Waals surface area (Å²) in [5.74, 6) is -0.429. The minimum Gasteiger partial charge on any atom is -0.465 e. The molecule has 0 N–H and O–H groups in total. The van der Waals surface area contributed by atoms with Gasteiger partial charge in [0.2, 0.25) is 0 Å². The lowest BCUT2D eigenvalue weighted by molar-refractivity contribution is 0.0600. The van der Waals surface area contributed by atoms with Gasteiger partial charge in [-0.1, -0.05) is 18.2 Å². The zero-order valence-corrected chi connectivity index (χ0v) is 10.9. The third-order valence-corrected chi connectivity index (χ3v) is 2.82. The van der Waals surface area contributed by atoms with Gasteiger partial charge in [-0.3, -0.25) is 4.90 Å². The quantitative estimate of drug-likeness (QED) is 0.767. The molecule has 1 aromatic carbocycles. The van der Waals surface area contributed by atoms with Gasteiger partial charge in [0.25, 0.3) is 0 Å². The summed E-state index contributed by atoms with van der Waals surface area (Å²) in [7, 11) is 1.32. The Morgan fingerprint density at radius 3 is 2.84 bits per heavy atom. The Balaban J connectivity index is 2.38. The first kappa shape index (κ1) is 13.1. The molecular formula is C14H15NO4. The van der Waals surface area contributed by atoms with Gasteiger partial charge in [-0.25, -0.2) is 9.59 Å². The molecule has 0 radical (unpaired) electrons. The molecule has 1 heterocycles. The molecule has 2 rings (SSSR count). The van der Waals surface area contributed by atoms with Gasteiger partial charge in [0.05, 0.1) is 25.0 Å². The molecule has 19 heavy (non-hydrogen) atoms. The predicted molar refractivity (Wildman–Crippen MR) is 71.2 cm³/mol. The Labute approximate surface area is 111 Å². The first-order valence-corrected chi connectivity index (χ1v) is 6.00. The highest BCUT2D eigenvalue weighted by molar-refractivity contribution is 5.97. The summed E-state index contributed by atoms with van der Waals surface area (Å²) in [6.07, 6.45) is 3.36. The van der Waals surface area contributed by atoms with Crippen LogP contribution < -0.4 is 4.90 Å². The van der Waals surface area contributed by atoms with Crippen LogP contribution in [0.15, 0.2) is 24.3 Å². The van der Waals surface area contributed by atoms with Crippen molar-refractivity contribution in [3.8, 4) is 0 Å². The molecule has 1 aliphatic heterocycles. The largest absolute Gasteiger partial charge is 0.465 e. The van der Waals surface area contributed by atoms with Crippen LogP contribution in [0.5, 0.6) is 0 Å². The molecule has 1 aromatic rings. The van der Waals surface area contributed by atoms with E-state index >= 15 is 0 Å². The highest BCUT2D eigenvalue weighted by Gasteiger charge is 2.22. The molecule has 5 nitrogen and oxygen atoms in total. The average molecular weight is 261 g/mol. The molecule has 0 aromatic heterocycles. The lowest BCUT2D eigenvalue weighted by Crippen LogP contribution is -2.33. The fraction of sp³-hybridized carbons (Fsp3) is 0.286. The second-order valence-corrected chi connectivity index (χ2v) is 3.98. The number of carbonyl (C=O) groups is 2. The number of esters is 1. The number of amides is 1. The maximum Gasteiger partial charge on any atom is 0.414 e. The highest BCUT2D eigenvalue weighted by Crippen LogP contribution is 2.28. The Kier molecular flexibility index (Phi) is 3.85. The molecule has 0 fully saturated rings. The SMILES string of the molecule is CCOC(=O)N1CC=Cc2ccc(C(=O)OC)cc21. The molecule has 1 aliphatic rings. The summed E-state index contributed by atoms with van der Waals surface area (Å²) in [6.45, 7) is 2.49. The monoisotopic (exact) mass is 261 g/mol. The molecule has 100 valence electrons. The zero-order chi connectivity index (χ0) is 13.8. The number of hydrogen-bond acceptors (Lipinski definition) is 4. The first-order chi connectivity index (χ1) is 9.17. The highest BCUT2D eigenvalue weighted by atomic mass is 16.6. The van der Waals surface area contributed by atoms with Crippen LogP contribution in [0.2, 0.25) is 0 Å². The summed E-state index contributed by atoms with van der Waals surface area (Å²) in [5.41, 5.74) is 1.93. The zero-order valence-electron chi connectivity index (χ0n) is 10.9. The van der Waals surface area contributed by atoms with Crippen LogP contribution >= 0.6 is 0 Å². The molecule has 0 saturated heterocycles. The molecule has 1 amide bonds. The third-order valence-electron chi connectivity index (χ3n) is 2.82. The summed E-state index contributed by atoms with van der Waals surface area (Å²) < 4.78 is 9.68. The van der Waals surface area contributed by atoms with Crippen molar-refractivity contribution in [3.63, 3.8) is 0 Å². The second kappa shape index (κ2) is 5.56. The van der Waals surface area contributed by atoms with E-state index in [0.29, 0.717) is 24.4 Å². The smallest absolute Gasteiger partial charge is 0.414 e. The van der Waals surface area contributed by atoms with Crippen molar-refractivity contribution >= 4 is 23.8 Å². The Hall–Kier alpha value is -2.30. The molecule has 0 spiro atoms. The van der Waals surface area contributed by atoms with E-state index in [0.717, 1.165) is 5.56 Å². The van der Waals surface area contributed by atoms with E-state index in [2.05, 4.69) is 4.74 Å². The Morgan fingerprint density at radius 2 is 2.16 bits per heavy atom. The van der Waals surface area contributed by atoms with Crippen LogP contribution in [-0.4, -0.2) is 32.3 Å². The fourth-order valence-electron chi connectivity index (χ4n) is 1.92. The number of benzene rings is 1. The van der Waals surface area contributed by atoms with E-state index in [9.17, 15) is 9.59 Å². The average Bonchev–Trinajstić information content (AvgIpc) is 2.45. The minimum absolute atomic E-state index is 0.311. The van der Waals surface area contributed by atoms with E-state index in [-0.39, 0.29) is 0 Å². The normalized spacial score (nSPS) is 12.8. The Morgan fingerprint density at radius 1 is 1.37 bits per heavy atom. The molecule has 0 saturated carbocycles. The van der Waals surface area contributed by atoms with Gasteiger partial charge in [-0.05, 0) is 24.6 Å². The predicted octanol–water partition coefficient (Wildman–Crippen LogP) is 2.46. The van der Waals surface area contributed by atoms with E-state index in [4.69, 9.17) is 4.74 Å². The second-order valence-electron chi connectivity index (χ2n) is 3.98. The summed E-state index contributed by atoms with van der Waals surface area (Å²) in [4.78, 5) is 24.9. The maximum atomic E-state index is 11.9. The number of methoxy groups -OCH3 is 1. The van der Waals surface area contributed by atoms with Crippen molar-refractivity contribution in [1.29, 1.82) is 0 Å². The number of anilines is 1. The number of ether oxygens (including phenoxy) is 2. The van der Waals surface area contributed by atoms with Crippen molar-refractivity contribution in [1.82, 2.24) is 0 Å². The number of carbonyl (C=O) groups excluding carboxylic acids is 2. The number of nitrogens with zero attached hydrogens (tertiary/aromatic N) is 1. The van der Waals surface area contributed by atoms with Gasteiger partial charge in [-0.2, -0.15) is 0 Å². The third kappa shape index (κ3) is 2.59. The summed E-state index contributed by atoms with van der Waals surface area (Å²) in [5, 5.41) is 0. The van der Waals surface area contributed by atoms with Crippen LogP contribution in [0, 0.1) is 0 Å². The molecule has 0 atom stereocenters. The lowest BCUT2D eigenvalue weighted by Gasteiger charge is -2.25. The topological polar surface area (TPSA) is 55.8 Å². The van der Waals surface area contributed by atoms with Crippen molar-refractivity contribution in [2.45, 2.75) is 6.92 Å². The van der Waals surface area contributed by atoms with Crippen LogP contribution in [0.3, 0.4) is 0 Å². The van der Waals surface area contributed by atoms with E-state index < -0.39 is 12.1 Å². The maximum absolute atomic E-state index is 11.9. The van der Waals surface area contributed by atoms with Crippen molar-refractivity contribution in [3.05, 3.63) is 35.4 Å². The minimum atomic E-state index is -0.429. The van der Waals surface area contributed by atoms with E-state index in [1.807, 2.05) is 12.2 Å². The van der Waals surface area contributed by atoms with E-state index in [1.165, 1.54) is 12.0 Å². The van der Waals surface area contributed by atoms with Gasteiger partial charge < -0.3 is 9.47 Å². The van der Waals surface area contributed by atoms with Crippen LogP contribution in [-0.2, 0) is 9.47 Å². The van der Waals surface area contributed by atoms with Crippen LogP contribution in [0.1, 0.15) is 22.8 Å². The van der Waals surface area contributed by atoms with Gasteiger partial charge >= 0.3 is 12.1 Å². The first-order valence-electron chi connectivity index (χ1n) is 6.00. The lowest BCUT2D eigenvalue weighted by atomic mass is 10.0. The molecule has 0 bridgehead atoms. The van der Waals surface area contributed by atoms with Crippen molar-refractivity contribution in [2.75, 3.05) is 25.2 Å². The number of hydrogen-bond donors (Lipinski definition) is 0. The van der Waals surface area contributed by atoms with Gasteiger partial charge in [0.1, 0.15) is 0 Å². The van der Waals surface area contributed by atoms with E-state index in [1.54, 1.807) is 25.1 Å². The molecule has 0 aliphatic carbocycles. The molecular weight excluding hydrogens is 246 g/mol. The molecule has 5 heteroatoms. The van der Waals surface area contributed by atoms with Gasteiger partial charge in [0, 0.05) is 6.54 Å². The molecule has 0 unspecified atom stereocenters. The Bertz CT molecular complexity index is 536. The number of fused-ring (bicyclic) bond motifs is 1. The van der Waals surface area contributed by atoms with Crippen LogP contribution in [0.4, 0.5) is 10.5 Å². The fourth-order valence-corrected chi connectivity index (χ4v) is 1.92. The van der Waals surface area contributed by atoms with Gasteiger partial charge in [0.15, 0.2) is 0 Å². The van der Waals surface area contributed by atoms with Gasteiger partial charge in [-0.15, -0.1) is 0 Å².